The van der Waals surface area contributed by atoms with Crippen LogP contribution < -0.4 is 0 Å². The van der Waals surface area contributed by atoms with Crippen LogP contribution in [0, 0.1) is 0 Å². The third-order valence-corrected chi connectivity index (χ3v) is 16.7. The molecule has 2 unspecified atom stereocenters. The van der Waals surface area contributed by atoms with Gasteiger partial charge in [-0.25, -0.2) is 4.57 Å². The van der Waals surface area contributed by atoms with Crippen LogP contribution in [0.1, 0.15) is 296 Å². The van der Waals surface area contributed by atoms with Gasteiger partial charge in [0.1, 0.15) is 19.8 Å². The number of hydrogen-bond donors (Lipinski definition) is 1. The molecule has 0 rings (SSSR count). The molecule has 0 saturated heterocycles. The van der Waals surface area contributed by atoms with Gasteiger partial charge in [0.05, 0.1) is 27.7 Å². The van der Waals surface area contributed by atoms with Crippen molar-refractivity contribution in [3.8, 4) is 0 Å². The molecule has 0 aliphatic heterocycles. The highest BCUT2D eigenvalue weighted by Gasteiger charge is 2.27. The first kappa shape index (κ1) is 89.4. The van der Waals surface area contributed by atoms with E-state index in [1.54, 1.807) is 0 Å². The fraction of sp³-hybridized carbons (Fsp3) is 0.643. The highest BCUT2D eigenvalue weighted by molar-refractivity contribution is 7.47. The second-order valence-corrected chi connectivity index (χ2v) is 27.4. The molecule has 0 fully saturated rings. The fourth-order valence-corrected chi connectivity index (χ4v) is 10.8. The zero-order valence-corrected chi connectivity index (χ0v) is 61.8. The lowest BCUT2D eigenvalue weighted by molar-refractivity contribution is -0.870. The number of allylic oxidation sites excluding steroid dienone is 28. The van der Waals surface area contributed by atoms with Gasteiger partial charge in [0.15, 0.2) is 6.10 Å². The average molecular weight is 1320 g/mol. The molecule has 0 aromatic carbocycles. The molecule has 0 radical (unpaired) electrons. The van der Waals surface area contributed by atoms with Crippen LogP contribution in [0.4, 0.5) is 0 Å². The van der Waals surface area contributed by atoms with Gasteiger partial charge in [-0.05, 0) is 128 Å². The minimum absolute atomic E-state index is 0.0240. The highest BCUT2D eigenvalue weighted by Crippen LogP contribution is 2.43. The van der Waals surface area contributed by atoms with Gasteiger partial charge in [0.2, 0.25) is 0 Å². The zero-order valence-electron chi connectivity index (χ0n) is 60.9. The number of likely N-dealkylation sites (N-methyl/N-ethyl adjacent to an activating group) is 1. The predicted octanol–water partition coefficient (Wildman–Crippen LogP) is 25.3. The van der Waals surface area contributed by atoms with E-state index in [1.807, 2.05) is 21.1 Å². The first-order valence-electron chi connectivity index (χ1n) is 37.9. The van der Waals surface area contributed by atoms with Gasteiger partial charge in [0, 0.05) is 12.8 Å². The number of quaternary nitrogens is 1. The predicted molar refractivity (Wildman–Crippen MR) is 408 cm³/mol. The van der Waals surface area contributed by atoms with E-state index in [9.17, 15) is 19.0 Å². The zero-order chi connectivity index (χ0) is 68.3. The number of ether oxygens (including phenoxy) is 2. The minimum atomic E-state index is -4.41. The van der Waals surface area contributed by atoms with Crippen molar-refractivity contribution < 1.29 is 42.1 Å². The third kappa shape index (κ3) is 76.4. The second-order valence-electron chi connectivity index (χ2n) is 25.9. The lowest BCUT2D eigenvalue weighted by Gasteiger charge is -2.24. The van der Waals surface area contributed by atoms with Gasteiger partial charge in [0.25, 0.3) is 0 Å². The SMILES string of the molecule is CC/C=C\C/C=C\C/C=C\C/C=C\C/C=C\C/C=C\C/C=C\CCCCCCCCCCCCCCCCCCCC(=O)OC(COC(=O)CCCCCCCCCCC/C=C\C/C=C\C/C=C\C/C=C\C/C=C\C/C=C\C/C=C\CC)COP(=O)(O)OCC[N+](C)(C)C. The molecule has 0 aliphatic carbocycles. The Hall–Kier alpha value is -4.63. The summed E-state index contributed by atoms with van der Waals surface area (Å²) in [7, 11) is 1.46. The van der Waals surface area contributed by atoms with Gasteiger partial charge >= 0.3 is 19.8 Å². The molecule has 0 saturated carbocycles. The van der Waals surface area contributed by atoms with E-state index in [4.69, 9.17) is 18.5 Å². The summed E-state index contributed by atoms with van der Waals surface area (Å²) in [4.78, 5) is 36.0. The van der Waals surface area contributed by atoms with Crippen LogP contribution in [-0.4, -0.2) is 74.9 Å². The normalized spacial score (nSPS) is 14.1. The van der Waals surface area contributed by atoms with Crippen molar-refractivity contribution in [2.75, 3.05) is 47.5 Å². The van der Waals surface area contributed by atoms with Gasteiger partial charge in [-0.3, -0.25) is 18.6 Å². The van der Waals surface area contributed by atoms with Gasteiger partial charge < -0.3 is 18.9 Å². The van der Waals surface area contributed by atoms with E-state index in [0.717, 1.165) is 141 Å². The first-order chi connectivity index (χ1) is 46.0. The quantitative estimate of drug-likeness (QED) is 0.0211. The molecule has 0 amide bonds. The number of phosphoric acid groups is 1. The molecule has 9 nitrogen and oxygen atoms in total. The number of hydrogen-bond acceptors (Lipinski definition) is 7. The molecule has 534 valence electrons. The number of phosphoric ester groups is 1. The summed E-state index contributed by atoms with van der Waals surface area (Å²) in [6.45, 7) is 4.20. The van der Waals surface area contributed by atoms with E-state index in [2.05, 4.69) is 184 Å². The Bertz CT molecular complexity index is 2200. The van der Waals surface area contributed by atoms with Crippen molar-refractivity contribution in [1.82, 2.24) is 0 Å². The minimum Gasteiger partial charge on any atom is -0.462 e. The van der Waals surface area contributed by atoms with Crippen molar-refractivity contribution in [3.63, 3.8) is 0 Å². The molecule has 1 N–H and O–H groups in total. The van der Waals surface area contributed by atoms with E-state index in [-0.39, 0.29) is 32.0 Å². The third-order valence-electron chi connectivity index (χ3n) is 15.7. The molecular formula is C84H141NO8P+. The largest absolute Gasteiger partial charge is 0.472 e. The molecule has 2 atom stereocenters. The van der Waals surface area contributed by atoms with Crippen molar-refractivity contribution in [2.45, 2.75) is 302 Å². The standard InChI is InChI=1S/C84H140NO8P/c1-6-8-10-12-14-16-18-20-22-24-26-28-30-32-34-36-38-39-40-41-42-43-44-45-47-49-51-53-55-57-59-61-63-65-67-69-71-73-75-77-84(87)93-82(81-92-94(88,89)91-79-78-85(3,4)5)80-90-83(86)76-74-72-70-68-66-64-62-60-58-56-54-52-50-48-46-37-35-33-31-29-27-25-23-21-19-17-15-13-11-9-7-2/h8-11,14-17,20-23,26-29,32-35,38-39,41-42,46,48,52,54,82H,6-7,12-13,18-19,24-25,30-31,36-37,40,43-45,47,49-51,53,55-81H2,1-5H3/p+1/b10-8-,11-9-,16-14-,17-15-,22-20-,23-21-,28-26-,29-27-,34-32-,35-33-,39-38-,42-41-,48-46-,54-52-. The second kappa shape index (κ2) is 72.6. The van der Waals surface area contributed by atoms with E-state index in [0.29, 0.717) is 17.4 Å². The van der Waals surface area contributed by atoms with Gasteiger partial charge in [-0.1, -0.05) is 325 Å². The van der Waals surface area contributed by atoms with Crippen molar-refractivity contribution in [3.05, 3.63) is 170 Å². The monoisotopic (exact) mass is 1320 g/mol. The molecule has 0 bridgehead atoms. The van der Waals surface area contributed by atoms with Gasteiger partial charge in [-0.2, -0.15) is 0 Å². The maximum Gasteiger partial charge on any atom is 0.472 e. The Morgan fingerprint density at radius 1 is 0.330 bits per heavy atom. The molecule has 0 aromatic heterocycles. The summed E-state index contributed by atoms with van der Waals surface area (Å²) in [5.74, 6) is -0.806. The topological polar surface area (TPSA) is 108 Å². The summed E-state index contributed by atoms with van der Waals surface area (Å²) in [6, 6.07) is 0. The summed E-state index contributed by atoms with van der Waals surface area (Å²) in [5, 5.41) is 0. The number of carbonyl (C=O) groups is 2. The fourth-order valence-electron chi connectivity index (χ4n) is 10.0. The first-order valence-corrected chi connectivity index (χ1v) is 39.4. The molecule has 94 heavy (non-hydrogen) atoms. The molecule has 0 aliphatic rings. The van der Waals surface area contributed by atoms with Crippen LogP contribution in [0.25, 0.3) is 0 Å². The Balaban J connectivity index is 4.05. The summed E-state index contributed by atoms with van der Waals surface area (Å²) >= 11 is 0. The number of unbranched alkanes of at least 4 members (excludes halogenated alkanes) is 26. The smallest absolute Gasteiger partial charge is 0.462 e. The lowest BCUT2D eigenvalue weighted by Crippen LogP contribution is -2.37. The van der Waals surface area contributed by atoms with Crippen molar-refractivity contribution in [2.24, 2.45) is 0 Å². The Morgan fingerprint density at radius 2 is 0.574 bits per heavy atom. The molecule has 0 heterocycles. The number of carbonyl (C=O) groups excluding carboxylic acids is 2. The molecule has 0 spiro atoms. The number of nitrogens with zero attached hydrogens (tertiary/aromatic N) is 1. The summed E-state index contributed by atoms with van der Waals surface area (Å²) in [6.07, 6.45) is 110. The van der Waals surface area contributed by atoms with Crippen LogP contribution >= 0.6 is 7.82 Å². The molecular weight excluding hydrogens is 1180 g/mol. The number of esters is 2. The summed E-state index contributed by atoms with van der Waals surface area (Å²) in [5.41, 5.74) is 0. The molecule has 0 aromatic rings. The lowest BCUT2D eigenvalue weighted by atomic mass is 10.0. The van der Waals surface area contributed by atoms with E-state index >= 15 is 0 Å². The Kier molecular flexibility index (Phi) is 69.1. The van der Waals surface area contributed by atoms with Crippen molar-refractivity contribution in [1.29, 1.82) is 0 Å². The van der Waals surface area contributed by atoms with Crippen LogP contribution in [0.5, 0.6) is 0 Å². The van der Waals surface area contributed by atoms with Crippen LogP contribution in [0.2, 0.25) is 0 Å². The Morgan fingerprint density at radius 3 is 0.851 bits per heavy atom. The Labute approximate surface area is 578 Å². The highest BCUT2D eigenvalue weighted by atomic mass is 31.2. The van der Waals surface area contributed by atoms with E-state index in [1.165, 1.54) is 122 Å². The van der Waals surface area contributed by atoms with Crippen LogP contribution in [0.3, 0.4) is 0 Å². The number of rotatable bonds is 68. The van der Waals surface area contributed by atoms with Crippen LogP contribution in [-0.2, 0) is 32.7 Å². The maximum atomic E-state index is 12.9. The maximum absolute atomic E-state index is 12.9. The van der Waals surface area contributed by atoms with Crippen LogP contribution in [0.15, 0.2) is 170 Å². The van der Waals surface area contributed by atoms with E-state index < -0.39 is 26.5 Å². The van der Waals surface area contributed by atoms with Gasteiger partial charge in [-0.15, -0.1) is 0 Å². The van der Waals surface area contributed by atoms with Crippen molar-refractivity contribution >= 4 is 19.8 Å². The molecule has 10 heteroatoms. The summed E-state index contributed by atoms with van der Waals surface area (Å²) < 4.78 is 34.8. The average Bonchev–Trinajstić information content (AvgIpc) is 1.56.